The number of hydrogen-bond donors (Lipinski definition) is 2. The van der Waals surface area contributed by atoms with Gasteiger partial charge in [0.05, 0.1) is 23.3 Å². The van der Waals surface area contributed by atoms with E-state index in [2.05, 4.69) is 49.4 Å². The highest BCUT2D eigenvalue weighted by atomic mass is 16.2. The first kappa shape index (κ1) is 16.4. The standard InChI is InChI=1S/C18H25N5O/c1-12-4-5-13(2)17(10-12)23-14(3)16(11-20-23)21-15-6-8-22(9-7-15)18(19)24/h4-5,10-11,15,21H,6-9H2,1-3H3,(H2,19,24). The molecule has 0 bridgehead atoms. The average molecular weight is 327 g/mol. The van der Waals surface area contributed by atoms with E-state index in [1.54, 1.807) is 4.90 Å². The van der Waals surface area contributed by atoms with Crippen LogP contribution in [0.5, 0.6) is 0 Å². The van der Waals surface area contributed by atoms with E-state index in [0.29, 0.717) is 19.1 Å². The Labute approximate surface area is 142 Å². The van der Waals surface area contributed by atoms with Gasteiger partial charge in [-0.2, -0.15) is 5.10 Å². The van der Waals surface area contributed by atoms with E-state index in [1.807, 2.05) is 10.9 Å². The summed E-state index contributed by atoms with van der Waals surface area (Å²) in [5.74, 6) is 0. The highest BCUT2D eigenvalue weighted by Gasteiger charge is 2.22. The van der Waals surface area contributed by atoms with Crippen molar-refractivity contribution < 1.29 is 4.79 Å². The summed E-state index contributed by atoms with van der Waals surface area (Å²) in [6.45, 7) is 7.68. The molecule has 2 amide bonds. The number of nitrogens with one attached hydrogen (secondary N) is 1. The molecular weight excluding hydrogens is 302 g/mol. The van der Waals surface area contributed by atoms with Crippen LogP contribution in [0, 0.1) is 20.8 Å². The van der Waals surface area contributed by atoms with Gasteiger partial charge in [0, 0.05) is 19.1 Å². The van der Waals surface area contributed by atoms with E-state index >= 15 is 0 Å². The van der Waals surface area contributed by atoms with E-state index in [1.165, 1.54) is 11.1 Å². The number of urea groups is 1. The minimum absolute atomic E-state index is 0.327. The van der Waals surface area contributed by atoms with Crippen molar-refractivity contribution >= 4 is 11.7 Å². The SMILES string of the molecule is Cc1ccc(C)c(-n2ncc(NC3CCN(C(N)=O)CC3)c2C)c1. The lowest BCUT2D eigenvalue weighted by atomic mass is 10.1. The van der Waals surface area contributed by atoms with Crippen LogP contribution in [-0.4, -0.2) is 39.8 Å². The van der Waals surface area contributed by atoms with Gasteiger partial charge in [-0.15, -0.1) is 0 Å². The van der Waals surface area contributed by atoms with Crippen LogP contribution >= 0.6 is 0 Å². The molecule has 3 N–H and O–H groups in total. The van der Waals surface area contributed by atoms with E-state index in [-0.39, 0.29) is 6.03 Å². The second-order valence-electron chi connectivity index (χ2n) is 6.59. The third-order valence-electron chi connectivity index (χ3n) is 4.77. The quantitative estimate of drug-likeness (QED) is 0.910. The molecule has 1 fully saturated rings. The number of nitrogens with two attached hydrogens (primary N) is 1. The maximum absolute atomic E-state index is 11.2. The summed E-state index contributed by atoms with van der Waals surface area (Å²) < 4.78 is 1.99. The van der Waals surface area contributed by atoms with Crippen LogP contribution in [0.2, 0.25) is 0 Å². The molecule has 6 nitrogen and oxygen atoms in total. The van der Waals surface area contributed by atoms with E-state index < -0.39 is 0 Å². The Morgan fingerprint density at radius 1 is 1.25 bits per heavy atom. The molecule has 0 atom stereocenters. The normalized spacial score (nSPS) is 15.5. The minimum Gasteiger partial charge on any atom is -0.379 e. The van der Waals surface area contributed by atoms with Crippen molar-refractivity contribution in [2.45, 2.75) is 39.7 Å². The molecule has 6 heteroatoms. The predicted octanol–water partition coefficient (Wildman–Crippen LogP) is 2.75. The third-order valence-corrected chi connectivity index (χ3v) is 4.77. The van der Waals surface area contributed by atoms with Crippen molar-refractivity contribution in [1.82, 2.24) is 14.7 Å². The Hall–Kier alpha value is -2.50. The molecule has 1 aliphatic heterocycles. The maximum Gasteiger partial charge on any atom is 0.314 e. The molecule has 128 valence electrons. The first-order valence-corrected chi connectivity index (χ1v) is 8.39. The van der Waals surface area contributed by atoms with Crippen LogP contribution in [-0.2, 0) is 0 Å². The second-order valence-corrected chi connectivity index (χ2v) is 6.59. The van der Waals surface area contributed by atoms with E-state index in [9.17, 15) is 4.79 Å². The number of benzene rings is 1. The summed E-state index contributed by atoms with van der Waals surface area (Å²) in [5, 5.41) is 8.14. The molecule has 1 aliphatic rings. The average Bonchev–Trinajstić information content (AvgIpc) is 2.91. The molecule has 1 aromatic heterocycles. The van der Waals surface area contributed by atoms with Crippen LogP contribution in [0.1, 0.15) is 29.7 Å². The van der Waals surface area contributed by atoms with Crippen LogP contribution < -0.4 is 11.1 Å². The smallest absolute Gasteiger partial charge is 0.314 e. The number of piperidine rings is 1. The molecule has 1 aromatic carbocycles. The maximum atomic E-state index is 11.2. The highest BCUT2D eigenvalue weighted by molar-refractivity contribution is 5.72. The van der Waals surface area contributed by atoms with E-state index in [4.69, 9.17) is 5.73 Å². The molecule has 0 saturated carbocycles. The number of aryl methyl sites for hydroxylation is 2. The zero-order chi connectivity index (χ0) is 17.3. The zero-order valence-corrected chi connectivity index (χ0v) is 14.5. The van der Waals surface area contributed by atoms with Crippen molar-refractivity contribution in [2.24, 2.45) is 5.73 Å². The van der Waals surface area contributed by atoms with Gasteiger partial charge < -0.3 is 16.0 Å². The van der Waals surface area contributed by atoms with Crippen LogP contribution in [0.4, 0.5) is 10.5 Å². The molecule has 1 saturated heterocycles. The highest BCUT2D eigenvalue weighted by Crippen LogP contribution is 2.24. The Morgan fingerprint density at radius 2 is 1.96 bits per heavy atom. The monoisotopic (exact) mass is 327 g/mol. The van der Waals surface area contributed by atoms with E-state index in [0.717, 1.165) is 29.9 Å². The van der Waals surface area contributed by atoms with Crippen LogP contribution in [0.25, 0.3) is 5.69 Å². The van der Waals surface area contributed by atoms with Gasteiger partial charge in [0.1, 0.15) is 0 Å². The molecule has 0 aliphatic carbocycles. The van der Waals surface area contributed by atoms with Gasteiger partial charge in [-0.05, 0) is 50.8 Å². The predicted molar refractivity (Wildman–Crippen MR) is 95.6 cm³/mol. The fourth-order valence-electron chi connectivity index (χ4n) is 3.21. The van der Waals surface area contributed by atoms with Crippen LogP contribution in [0.15, 0.2) is 24.4 Å². The minimum atomic E-state index is -0.327. The molecule has 2 heterocycles. The van der Waals surface area contributed by atoms with Gasteiger partial charge in [0.2, 0.25) is 0 Å². The Morgan fingerprint density at radius 3 is 2.62 bits per heavy atom. The second kappa shape index (κ2) is 6.55. The summed E-state index contributed by atoms with van der Waals surface area (Å²) in [4.78, 5) is 12.9. The fraction of sp³-hybridized carbons (Fsp3) is 0.444. The lowest BCUT2D eigenvalue weighted by Crippen LogP contribution is -2.44. The molecule has 3 rings (SSSR count). The Kier molecular flexibility index (Phi) is 4.46. The summed E-state index contributed by atoms with van der Waals surface area (Å²) >= 11 is 0. The number of amides is 2. The first-order chi connectivity index (χ1) is 11.5. The number of anilines is 1. The zero-order valence-electron chi connectivity index (χ0n) is 14.5. The Bertz CT molecular complexity index is 744. The van der Waals surface area contributed by atoms with Crippen molar-refractivity contribution in [3.63, 3.8) is 0 Å². The molecule has 0 radical (unpaired) electrons. The van der Waals surface area contributed by atoms with Crippen molar-refractivity contribution in [3.8, 4) is 5.69 Å². The number of aromatic nitrogens is 2. The first-order valence-electron chi connectivity index (χ1n) is 8.39. The molecule has 0 spiro atoms. The third kappa shape index (κ3) is 3.22. The molecule has 2 aromatic rings. The van der Waals surface area contributed by atoms with Crippen molar-refractivity contribution in [3.05, 3.63) is 41.2 Å². The topological polar surface area (TPSA) is 76.2 Å². The van der Waals surface area contributed by atoms with Gasteiger partial charge in [-0.25, -0.2) is 9.48 Å². The summed E-state index contributed by atoms with van der Waals surface area (Å²) in [6.07, 6.45) is 3.69. The summed E-state index contributed by atoms with van der Waals surface area (Å²) in [6, 6.07) is 6.41. The number of carbonyl (C=O) groups is 1. The van der Waals surface area contributed by atoms with Crippen molar-refractivity contribution in [2.75, 3.05) is 18.4 Å². The number of nitrogens with zero attached hydrogens (tertiary/aromatic N) is 3. The summed E-state index contributed by atoms with van der Waals surface area (Å²) in [7, 11) is 0. The van der Waals surface area contributed by atoms with Gasteiger partial charge >= 0.3 is 6.03 Å². The Balaban J connectivity index is 1.74. The van der Waals surface area contributed by atoms with Crippen LogP contribution in [0.3, 0.4) is 0 Å². The lowest BCUT2D eigenvalue weighted by Gasteiger charge is -2.31. The number of likely N-dealkylation sites (tertiary alicyclic amines) is 1. The van der Waals surface area contributed by atoms with Gasteiger partial charge in [0.15, 0.2) is 0 Å². The molecule has 0 unspecified atom stereocenters. The molecule has 24 heavy (non-hydrogen) atoms. The van der Waals surface area contributed by atoms with Gasteiger partial charge in [0.25, 0.3) is 0 Å². The number of rotatable bonds is 3. The number of carbonyl (C=O) groups excluding carboxylic acids is 1. The molecular formula is C18H25N5O. The van der Waals surface area contributed by atoms with Crippen molar-refractivity contribution in [1.29, 1.82) is 0 Å². The fourth-order valence-corrected chi connectivity index (χ4v) is 3.21. The number of hydrogen-bond acceptors (Lipinski definition) is 3. The van der Waals surface area contributed by atoms with Gasteiger partial charge in [-0.3, -0.25) is 0 Å². The van der Waals surface area contributed by atoms with Gasteiger partial charge in [-0.1, -0.05) is 12.1 Å². The summed E-state index contributed by atoms with van der Waals surface area (Å²) in [5.41, 5.74) is 11.0. The largest absolute Gasteiger partial charge is 0.379 e. The lowest BCUT2D eigenvalue weighted by molar-refractivity contribution is 0.193. The number of primary amides is 1.